The highest BCUT2D eigenvalue weighted by Crippen LogP contribution is 2.16. The van der Waals surface area contributed by atoms with Crippen molar-refractivity contribution in [3.63, 3.8) is 0 Å². The molecule has 0 saturated heterocycles. The van der Waals surface area contributed by atoms with Crippen molar-refractivity contribution < 1.29 is 4.39 Å². The van der Waals surface area contributed by atoms with Gasteiger partial charge in [0, 0.05) is 17.5 Å². The molecular weight excluding hydrogens is 241 g/mol. The number of aromatic nitrogens is 3. The van der Waals surface area contributed by atoms with Crippen molar-refractivity contribution in [3.05, 3.63) is 46.8 Å². The summed E-state index contributed by atoms with van der Waals surface area (Å²) in [6, 6.07) is 1.46. The first-order valence-corrected chi connectivity index (χ1v) is 5.83. The van der Waals surface area contributed by atoms with E-state index in [0.29, 0.717) is 12.4 Å². The molecule has 0 aliphatic heterocycles. The van der Waals surface area contributed by atoms with E-state index in [1.165, 1.54) is 12.3 Å². The summed E-state index contributed by atoms with van der Waals surface area (Å²) in [5.41, 5.74) is 3.76. The van der Waals surface area contributed by atoms with Crippen LogP contribution in [-0.2, 0) is 12.4 Å². The van der Waals surface area contributed by atoms with Gasteiger partial charge in [-0.05, 0) is 25.5 Å². The van der Waals surface area contributed by atoms with Crippen molar-refractivity contribution >= 4 is 11.6 Å². The summed E-state index contributed by atoms with van der Waals surface area (Å²) in [6.07, 6.45) is 2.83. The van der Waals surface area contributed by atoms with Gasteiger partial charge in [0.2, 0.25) is 0 Å². The first kappa shape index (κ1) is 12.0. The van der Waals surface area contributed by atoms with Crippen LogP contribution < -0.4 is 0 Å². The zero-order valence-electron chi connectivity index (χ0n) is 9.74. The first-order valence-electron chi connectivity index (χ1n) is 5.30. The second-order valence-corrected chi connectivity index (χ2v) is 4.22. The summed E-state index contributed by atoms with van der Waals surface area (Å²) in [6.45, 7) is 4.39. The predicted octanol–water partition coefficient (Wildman–Crippen LogP) is 2.82. The molecule has 90 valence electrons. The van der Waals surface area contributed by atoms with E-state index in [9.17, 15) is 4.39 Å². The van der Waals surface area contributed by atoms with Crippen LogP contribution in [0.3, 0.4) is 0 Å². The maximum atomic E-state index is 13.0. The molecule has 0 aliphatic carbocycles. The fraction of sp³-hybridized carbons (Fsp3) is 0.333. The van der Waals surface area contributed by atoms with E-state index in [-0.39, 0.29) is 5.82 Å². The molecule has 0 radical (unpaired) electrons. The molecule has 0 N–H and O–H groups in total. The average Bonchev–Trinajstić information content (AvgIpc) is 2.54. The van der Waals surface area contributed by atoms with Gasteiger partial charge in [-0.25, -0.2) is 4.39 Å². The number of hydrogen-bond acceptors (Lipinski definition) is 2. The van der Waals surface area contributed by atoms with Crippen LogP contribution in [-0.4, -0.2) is 14.8 Å². The van der Waals surface area contributed by atoms with Gasteiger partial charge in [0.1, 0.15) is 5.82 Å². The minimum Gasteiger partial charge on any atom is -0.265 e. The maximum Gasteiger partial charge on any atom is 0.141 e. The molecule has 17 heavy (non-hydrogen) atoms. The van der Waals surface area contributed by atoms with E-state index < -0.39 is 0 Å². The molecule has 2 aromatic heterocycles. The standard InChI is InChI=1S/C12H13ClFN3/c1-8-12(4-13)9(2)17(16-8)7-10-3-11(14)6-15-5-10/h3,5-6H,4,7H2,1-2H3. The second-order valence-electron chi connectivity index (χ2n) is 3.95. The predicted molar refractivity (Wildman–Crippen MR) is 64.6 cm³/mol. The number of halogens is 2. The van der Waals surface area contributed by atoms with Crippen LogP contribution >= 0.6 is 11.6 Å². The van der Waals surface area contributed by atoms with Crippen LogP contribution in [0.2, 0.25) is 0 Å². The van der Waals surface area contributed by atoms with Crippen LogP contribution in [0.1, 0.15) is 22.5 Å². The molecule has 0 aromatic carbocycles. The van der Waals surface area contributed by atoms with Crippen molar-refractivity contribution in [1.29, 1.82) is 0 Å². The molecule has 0 aliphatic rings. The third-order valence-corrected chi connectivity index (χ3v) is 3.03. The molecule has 0 amide bonds. The summed E-state index contributed by atoms with van der Waals surface area (Å²) in [4.78, 5) is 3.82. The Balaban J connectivity index is 2.30. The zero-order chi connectivity index (χ0) is 12.4. The summed E-state index contributed by atoms with van der Waals surface area (Å²) in [5, 5.41) is 4.39. The van der Waals surface area contributed by atoms with Crippen LogP contribution in [0, 0.1) is 19.7 Å². The Morgan fingerprint density at radius 2 is 2.12 bits per heavy atom. The van der Waals surface area contributed by atoms with Gasteiger partial charge < -0.3 is 0 Å². The molecule has 0 saturated carbocycles. The molecular formula is C12H13ClFN3. The maximum absolute atomic E-state index is 13.0. The summed E-state index contributed by atoms with van der Waals surface area (Å²) >= 11 is 5.85. The smallest absolute Gasteiger partial charge is 0.141 e. The lowest BCUT2D eigenvalue weighted by atomic mass is 10.2. The van der Waals surface area contributed by atoms with Gasteiger partial charge in [0.25, 0.3) is 0 Å². The van der Waals surface area contributed by atoms with Gasteiger partial charge >= 0.3 is 0 Å². The van der Waals surface area contributed by atoms with E-state index in [2.05, 4.69) is 10.1 Å². The highest BCUT2D eigenvalue weighted by molar-refractivity contribution is 6.17. The van der Waals surface area contributed by atoms with Crippen LogP contribution in [0.15, 0.2) is 18.5 Å². The lowest BCUT2D eigenvalue weighted by Gasteiger charge is -2.04. The molecule has 2 heterocycles. The number of hydrogen-bond donors (Lipinski definition) is 0. The summed E-state index contributed by atoms with van der Waals surface area (Å²) < 4.78 is 14.8. The van der Waals surface area contributed by atoms with E-state index in [0.717, 1.165) is 22.5 Å². The van der Waals surface area contributed by atoms with Gasteiger partial charge in [-0.15, -0.1) is 11.6 Å². The Morgan fingerprint density at radius 1 is 1.35 bits per heavy atom. The summed E-state index contributed by atoms with van der Waals surface area (Å²) in [7, 11) is 0. The lowest BCUT2D eigenvalue weighted by molar-refractivity contribution is 0.608. The molecule has 0 bridgehead atoms. The number of nitrogens with zero attached hydrogens (tertiary/aromatic N) is 3. The molecule has 3 nitrogen and oxygen atoms in total. The Bertz CT molecular complexity index is 537. The van der Waals surface area contributed by atoms with Gasteiger partial charge in [-0.1, -0.05) is 0 Å². The van der Waals surface area contributed by atoms with Crippen molar-refractivity contribution in [2.75, 3.05) is 0 Å². The Morgan fingerprint density at radius 3 is 2.71 bits per heavy atom. The topological polar surface area (TPSA) is 30.7 Å². The van der Waals surface area contributed by atoms with Gasteiger partial charge in [0.15, 0.2) is 0 Å². The zero-order valence-corrected chi connectivity index (χ0v) is 10.5. The molecule has 0 atom stereocenters. The first-order chi connectivity index (χ1) is 8.11. The van der Waals surface area contributed by atoms with E-state index in [4.69, 9.17) is 11.6 Å². The number of rotatable bonds is 3. The third kappa shape index (κ3) is 2.47. The van der Waals surface area contributed by atoms with E-state index in [1.54, 1.807) is 6.20 Å². The van der Waals surface area contributed by atoms with Crippen molar-refractivity contribution in [2.45, 2.75) is 26.3 Å². The minimum atomic E-state index is -0.332. The van der Waals surface area contributed by atoms with Crippen LogP contribution in [0.5, 0.6) is 0 Å². The largest absolute Gasteiger partial charge is 0.265 e. The van der Waals surface area contributed by atoms with Crippen LogP contribution in [0.4, 0.5) is 4.39 Å². The Hall–Kier alpha value is -1.42. The molecule has 0 unspecified atom stereocenters. The molecule has 5 heteroatoms. The number of aryl methyl sites for hydroxylation is 1. The fourth-order valence-electron chi connectivity index (χ4n) is 1.80. The quantitative estimate of drug-likeness (QED) is 0.788. The second kappa shape index (κ2) is 4.84. The van der Waals surface area contributed by atoms with Gasteiger partial charge in [0.05, 0.1) is 24.3 Å². The number of alkyl halides is 1. The normalized spacial score (nSPS) is 10.8. The average molecular weight is 254 g/mol. The van der Waals surface area contributed by atoms with E-state index in [1.807, 2.05) is 18.5 Å². The monoisotopic (exact) mass is 253 g/mol. The minimum absolute atomic E-state index is 0.332. The number of pyridine rings is 1. The SMILES string of the molecule is Cc1nn(Cc2cncc(F)c2)c(C)c1CCl. The highest BCUT2D eigenvalue weighted by atomic mass is 35.5. The van der Waals surface area contributed by atoms with Gasteiger partial charge in [-0.3, -0.25) is 9.67 Å². The Kier molecular flexibility index (Phi) is 3.43. The highest BCUT2D eigenvalue weighted by Gasteiger charge is 2.10. The third-order valence-electron chi connectivity index (χ3n) is 2.76. The van der Waals surface area contributed by atoms with Crippen molar-refractivity contribution in [1.82, 2.24) is 14.8 Å². The summed E-state index contributed by atoms with van der Waals surface area (Å²) in [5.74, 6) is 0.112. The molecule has 2 rings (SSSR count). The van der Waals surface area contributed by atoms with E-state index >= 15 is 0 Å². The molecule has 2 aromatic rings. The van der Waals surface area contributed by atoms with Crippen LogP contribution in [0.25, 0.3) is 0 Å². The molecule has 0 spiro atoms. The molecule has 0 fully saturated rings. The van der Waals surface area contributed by atoms with Crippen molar-refractivity contribution in [3.8, 4) is 0 Å². The van der Waals surface area contributed by atoms with Gasteiger partial charge in [-0.2, -0.15) is 5.10 Å². The van der Waals surface area contributed by atoms with Crippen molar-refractivity contribution in [2.24, 2.45) is 0 Å². The fourth-order valence-corrected chi connectivity index (χ4v) is 2.18. The Labute approximate surface area is 104 Å². The lowest BCUT2D eigenvalue weighted by Crippen LogP contribution is -2.05.